The van der Waals surface area contributed by atoms with Crippen molar-refractivity contribution in [3.63, 3.8) is 0 Å². The molecule has 0 saturated carbocycles. The number of hydrogen-bond acceptors (Lipinski definition) is 8. The van der Waals surface area contributed by atoms with Gasteiger partial charge >= 0.3 is 6.18 Å². The Balaban J connectivity index is 1.60. The summed E-state index contributed by atoms with van der Waals surface area (Å²) in [6, 6.07) is 6.85. The lowest BCUT2D eigenvalue weighted by molar-refractivity contribution is -0.138. The van der Waals surface area contributed by atoms with Crippen LogP contribution in [0.2, 0.25) is 0 Å². The molecule has 0 bridgehead atoms. The Kier molecular flexibility index (Phi) is 9.49. The molecule has 0 unspecified atom stereocenters. The van der Waals surface area contributed by atoms with Crippen LogP contribution in [0, 0.1) is 5.82 Å². The first-order valence-corrected chi connectivity index (χ1v) is 13.4. The van der Waals surface area contributed by atoms with Crippen molar-refractivity contribution in [2.45, 2.75) is 26.1 Å². The van der Waals surface area contributed by atoms with Crippen LogP contribution in [0.4, 0.5) is 40.6 Å². The molecule has 0 atom stereocenters. The Morgan fingerprint density at radius 1 is 1.16 bits per heavy atom. The molecule has 1 fully saturated rings. The van der Waals surface area contributed by atoms with Gasteiger partial charge in [0.05, 0.1) is 24.6 Å². The molecule has 0 radical (unpaired) electrons. The predicted octanol–water partition coefficient (Wildman–Crippen LogP) is 5.02. The summed E-state index contributed by atoms with van der Waals surface area (Å²) >= 11 is 0. The Morgan fingerprint density at radius 2 is 1.88 bits per heavy atom. The number of hydrogen-bond donors (Lipinski definition) is 3. The quantitative estimate of drug-likeness (QED) is 0.178. The zero-order chi connectivity index (χ0) is 31.3. The van der Waals surface area contributed by atoms with Crippen LogP contribution < -0.4 is 26.0 Å². The molecule has 1 amide bonds. The van der Waals surface area contributed by atoms with E-state index in [0.29, 0.717) is 30.8 Å². The molecule has 43 heavy (non-hydrogen) atoms. The standard InChI is InChI=1S/C29H32F4N8O2/c1-5-35-23-16-36-28(41-12-10-40(11-13-41)17(2)3)39-25(23)26(34)38-22-14-18(6-8-21(22)30)27(42)37-19-7-9-24(43-4)20(15-19)29(31,32)33/h5-9,14-17,35H,1,10-13H2,2-4H3,(H2,34,38)(H,37,42). The van der Waals surface area contributed by atoms with Gasteiger partial charge in [0.2, 0.25) is 5.95 Å². The fourth-order valence-corrected chi connectivity index (χ4v) is 4.51. The second-order valence-electron chi connectivity index (χ2n) is 9.93. The summed E-state index contributed by atoms with van der Waals surface area (Å²) in [6.45, 7) is 11.0. The molecule has 2 aromatic carbocycles. The van der Waals surface area contributed by atoms with Crippen LogP contribution in [0.3, 0.4) is 0 Å². The first-order valence-electron chi connectivity index (χ1n) is 13.4. The smallest absolute Gasteiger partial charge is 0.420 e. The van der Waals surface area contributed by atoms with Gasteiger partial charge in [-0.05, 0) is 56.4 Å². The minimum absolute atomic E-state index is 0.0619. The summed E-state index contributed by atoms with van der Waals surface area (Å²) in [5.74, 6) is -1.68. The summed E-state index contributed by atoms with van der Waals surface area (Å²) in [7, 11) is 1.11. The second-order valence-corrected chi connectivity index (χ2v) is 9.93. The number of nitrogens with zero attached hydrogens (tertiary/aromatic N) is 5. The van der Waals surface area contributed by atoms with E-state index in [2.05, 4.69) is 50.9 Å². The molecule has 1 aliphatic rings. The number of anilines is 3. The van der Waals surface area contributed by atoms with Gasteiger partial charge in [0.1, 0.15) is 22.9 Å². The minimum Gasteiger partial charge on any atom is -0.496 e. The average molecular weight is 601 g/mol. The van der Waals surface area contributed by atoms with Crippen LogP contribution >= 0.6 is 0 Å². The van der Waals surface area contributed by atoms with Gasteiger partial charge in [0, 0.05) is 43.5 Å². The van der Waals surface area contributed by atoms with Crippen molar-refractivity contribution in [1.82, 2.24) is 14.9 Å². The molecule has 0 spiro atoms. The second kappa shape index (κ2) is 13.1. The molecule has 3 aromatic rings. The van der Waals surface area contributed by atoms with Gasteiger partial charge in [-0.1, -0.05) is 6.58 Å². The maximum atomic E-state index is 14.8. The highest BCUT2D eigenvalue weighted by Crippen LogP contribution is 2.38. The number of aliphatic imine (C=N–C) groups is 1. The number of amides is 1. The van der Waals surface area contributed by atoms with Gasteiger partial charge in [0.25, 0.3) is 5.91 Å². The number of nitrogens with two attached hydrogens (primary N) is 1. The molecular weight excluding hydrogens is 568 g/mol. The lowest BCUT2D eigenvalue weighted by Gasteiger charge is -2.37. The van der Waals surface area contributed by atoms with Crippen molar-refractivity contribution in [3.05, 3.63) is 78.0 Å². The van der Waals surface area contributed by atoms with E-state index in [-0.39, 0.29) is 28.5 Å². The Labute approximate surface area is 246 Å². The van der Waals surface area contributed by atoms with Crippen molar-refractivity contribution >= 4 is 34.8 Å². The maximum Gasteiger partial charge on any atom is 0.420 e. The number of carbonyl (C=O) groups is 1. The number of piperazine rings is 1. The van der Waals surface area contributed by atoms with Gasteiger partial charge in [0.15, 0.2) is 5.84 Å². The van der Waals surface area contributed by atoms with Crippen LogP contribution in [0.1, 0.15) is 35.5 Å². The van der Waals surface area contributed by atoms with E-state index in [1.807, 2.05) is 4.90 Å². The number of alkyl halides is 3. The fraction of sp³-hybridized carbons (Fsp3) is 0.310. The number of nitrogens with one attached hydrogen (secondary N) is 2. The normalized spacial score (nSPS) is 14.5. The third-order valence-corrected chi connectivity index (χ3v) is 6.82. The summed E-state index contributed by atoms with van der Waals surface area (Å²) < 4.78 is 59.8. The summed E-state index contributed by atoms with van der Waals surface area (Å²) in [5.41, 5.74) is 5.36. The third kappa shape index (κ3) is 7.38. The molecule has 4 rings (SSSR count). The van der Waals surface area contributed by atoms with E-state index in [9.17, 15) is 22.4 Å². The van der Waals surface area contributed by atoms with Crippen molar-refractivity contribution in [3.8, 4) is 5.75 Å². The number of aromatic nitrogens is 2. The lowest BCUT2D eigenvalue weighted by Crippen LogP contribution is -2.49. The number of halogens is 4. The number of benzene rings is 2. The Hall–Kier alpha value is -4.72. The molecule has 2 heterocycles. The molecule has 1 aromatic heterocycles. The average Bonchev–Trinajstić information content (AvgIpc) is 2.98. The van der Waals surface area contributed by atoms with Gasteiger partial charge in [-0.15, -0.1) is 0 Å². The predicted molar refractivity (Wildman–Crippen MR) is 158 cm³/mol. The zero-order valence-corrected chi connectivity index (χ0v) is 23.9. The largest absolute Gasteiger partial charge is 0.496 e. The molecule has 1 aliphatic heterocycles. The van der Waals surface area contributed by atoms with Crippen molar-refractivity contribution in [2.24, 2.45) is 10.7 Å². The molecule has 14 heteroatoms. The van der Waals surface area contributed by atoms with E-state index in [4.69, 9.17) is 10.5 Å². The number of rotatable bonds is 9. The van der Waals surface area contributed by atoms with Crippen LogP contribution in [-0.2, 0) is 6.18 Å². The highest BCUT2D eigenvalue weighted by atomic mass is 19.4. The van der Waals surface area contributed by atoms with E-state index >= 15 is 0 Å². The Bertz CT molecular complexity index is 1520. The summed E-state index contributed by atoms with van der Waals surface area (Å²) in [5, 5.41) is 5.28. The van der Waals surface area contributed by atoms with Gasteiger partial charge < -0.3 is 26.0 Å². The SMILES string of the molecule is C=CNc1cnc(N2CCN(C(C)C)CC2)nc1C(N)=Nc1cc(C(=O)Nc2ccc(OC)c(C(F)(F)F)c2)ccc1F. The molecule has 0 aliphatic carbocycles. The van der Waals surface area contributed by atoms with E-state index < -0.39 is 29.2 Å². The topological polar surface area (TPSA) is 121 Å². The van der Waals surface area contributed by atoms with Crippen LogP contribution in [0.25, 0.3) is 0 Å². The van der Waals surface area contributed by atoms with Crippen molar-refractivity contribution in [1.29, 1.82) is 0 Å². The van der Waals surface area contributed by atoms with Gasteiger partial charge in [-0.3, -0.25) is 9.69 Å². The van der Waals surface area contributed by atoms with E-state index in [0.717, 1.165) is 44.5 Å². The zero-order valence-electron chi connectivity index (χ0n) is 23.9. The highest BCUT2D eigenvalue weighted by molar-refractivity contribution is 6.06. The summed E-state index contributed by atoms with van der Waals surface area (Å²) in [6.07, 6.45) is -1.77. The molecule has 10 nitrogen and oxygen atoms in total. The van der Waals surface area contributed by atoms with E-state index in [1.54, 1.807) is 0 Å². The number of ether oxygens (including phenoxy) is 1. The maximum absolute atomic E-state index is 14.8. The molecule has 1 saturated heterocycles. The van der Waals surface area contributed by atoms with Crippen LogP contribution in [-0.4, -0.2) is 65.9 Å². The minimum atomic E-state index is -4.70. The number of amidine groups is 1. The first-order chi connectivity index (χ1) is 20.4. The van der Waals surface area contributed by atoms with Gasteiger partial charge in [-0.25, -0.2) is 19.4 Å². The Morgan fingerprint density at radius 3 is 2.51 bits per heavy atom. The van der Waals surface area contributed by atoms with Crippen molar-refractivity contribution in [2.75, 3.05) is 48.8 Å². The highest BCUT2D eigenvalue weighted by Gasteiger charge is 2.34. The third-order valence-electron chi connectivity index (χ3n) is 6.82. The van der Waals surface area contributed by atoms with Crippen molar-refractivity contribution < 1.29 is 27.1 Å². The number of carbonyl (C=O) groups excluding carboxylic acids is 1. The lowest BCUT2D eigenvalue weighted by atomic mass is 10.1. The monoisotopic (exact) mass is 600 g/mol. The first kappa shape index (κ1) is 31.2. The molecule has 4 N–H and O–H groups in total. The fourth-order valence-electron chi connectivity index (χ4n) is 4.51. The van der Waals surface area contributed by atoms with Gasteiger partial charge in [-0.2, -0.15) is 13.2 Å². The van der Waals surface area contributed by atoms with E-state index in [1.165, 1.54) is 24.5 Å². The summed E-state index contributed by atoms with van der Waals surface area (Å²) in [4.78, 5) is 30.5. The van der Waals surface area contributed by atoms with Crippen LogP contribution in [0.5, 0.6) is 5.75 Å². The molecular formula is C29H32F4N8O2. The number of methoxy groups -OCH3 is 1. The van der Waals surface area contributed by atoms with Crippen LogP contribution in [0.15, 0.2) is 60.4 Å². The molecule has 228 valence electrons.